The molecule has 0 atom stereocenters. The number of nitrogens with zero attached hydrogens (tertiary/aromatic N) is 1. The van der Waals surface area contributed by atoms with Gasteiger partial charge in [-0.3, -0.25) is 0 Å². The number of benzene rings is 1. The Bertz CT molecular complexity index is 440. The zero-order valence-corrected chi connectivity index (χ0v) is 10.8. The number of hydrogen-bond acceptors (Lipinski definition) is 3. The molecule has 0 aliphatic rings. The largest absolute Gasteiger partial charge is 0.462 e. The van der Waals surface area contributed by atoms with Crippen LogP contribution in [0.2, 0.25) is 5.02 Å². The second-order valence-electron chi connectivity index (χ2n) is 2.65. The second kappa shape index (κ2) is 5.33. The van der Waals surface area contributed by atoms with Crippen LogP contribution >= 0.6 is 34.2 Å². The van der Waals surface area contributed by atoms with E-state index in [4.69, 9.17) is 21.6 Å². The molecular weight excluding hydrogens is 328 g/mol. The summed E-state index contributed by atoms with van der Waals surface area (Å²) in [5.41, 5.74) is 0.685. The van der Waals surface area contributed by atoms with Crippen LogP contribution in [-0.4, -0.2) is 12.6 Å². The summed E-state index contributed by atoms with van der Waals surface area (Å²) in [5.74, 6) is -0.458. The van der Waals surface area contributed by atoms with Crippen molar-refractivity contribution in [3.63, 3.8) is 0 Å². The number of hydrogen-bond donors (Lipinski definition) is 0. The van der Waals surface area contributed by atoms with E-state index in [1.807, 2.05) is 28.7 Å². The highest BCUT2D eigenvalue weighted by molar-refractivity contribution is 14.1. The Morgan fingerprint density at radius 1 is 1.67 bits per heavy atom. The average Bonchev–Trinajstić information content (AvgIpc) is 2.22. The fraction of sp³-hybridized carbons (Fsp3) is 0.200. The summed E-state index contributed by atoms with van der Waals surface area (Å²) >= 11 is 7.83. The lowest BCUT2D eigenvalue weighted by Crippen LogP contribution is -2.07. The number of nitriles is 1. The van der Waals surface area contributed by atoms with E-state index in [1.165, 1.54) is 12.1 Å². The summed E-state index contributed by atoms with van der Waals surface area (Å²) in [6.07, 6.45) is 0. The number of rotatable bonds is 2. The molecule has 0 unspecified atom stereocenters. The topological polar surface area (TPSA) is 50.1 Å². The van der Waals surface area contributed by atoms with Gasteiger partial charge in [-0.05, 0) is 41.6 Å². The summed E-state index contributed by atoms with van der Waals surface area (Å²) in [7, 11) is 0. The quantitative estimate of drug-likeness (QED) is 0.617. The van der Waals surface area contributed by atoms with Gasteiger partial charge in [0.05, 0.1) is 28.8 Å². The molecule has 1 aromatic rings. The first-order valence-corrected chi connectivity index (χ1v) is 5.62. The Balaban J connectivity index is 3.23. The Morgan fingerprint density at radius 2 is 2.33 bits per heavy atom. The third-order valence-corrected chi connectivity index (χ3v) is 3.43. The van der Waals surface area contributed by atoms with Crippen molar-refractivity contribution in [2.45, 2.75) is 6.92 Å². The molecule has 0 bridgehead atoms. The molecule has 0 amide bonds. The summed E-state index contributed by atoms with van der Waals surface area (Å²) < 4.78 is 5.45. The molecule has 1 rings (SSSR count). The van der Waals surface area contributed by atoms with Crippen molar-refractivity contribution in [3.8, 4) is 6.07 Å². The van der Waals surface area contributed by atoms with Gasteiger partial charge in [0.25, 0.3) is 0 Å². The molecule has 15 heavy (non-hydrogen) atoms. The lowest BCUT2D eigenvalue weighted by atomic mass is 10.1. The lowest BCUT2D eigenvalue weighted by molar-refractivity contribution is 0.0525. The third kappa shape index (κ3) is 2.83. The van der Waals surface area contributed by atoms with Crippen LogP contribution in [0.15, 0.2) is 12.1 Å². The van der Waals surface area contributed by atoms with Crippen molar-refractivity contribution in [1.29, 1.82) is 5.26 Å². The monoisotopic (exact) mass is 335 g/mol. The van der Waals surface area contributed by atoms with E-state index < -0.39 is 5.97 Å². The number of carbonyl (C=O) groups excluding carboxylic acids is 1. The summed E-state index contributed by atoms with van der Waals surface area (Å²) in [6, 6.07) is 4.93. The van der Waals surface area contributed by atoms with Crippen molar-refractivity contribution >= 4 is 40.2 Å². The Hall–Kier alpha value is -0.800. The van der Waals surface area contributed by atoms with Crippen molar-refractivity contribution in [3.05, 3.63) is 31.9 Å². The van der Waals surface area contributed by atoms with Crippen LogP contribution in [-0.2, 0) is 4.74 Å². The highest BCUT2D eigenvalue weighted by Crippen LogP contribution is 2.24. The van der Waals surface area contributed by atoms with Gasteiger partial charge in [-0.2, -0.15) is 5.26 Å². The molecule has 0 heterocycles. The van der Waals surface area contributed by atoms with E-state index >= 15 is 0 Å². The van der Waals surface area contributed by atoms with Gasteiger partial charge in [0.15, 0.2) is 0 Å². The van der Waals surface area contributed by atoms with Gasteiger partial charge in [0.2, 0.25) is 0 Å². The van der Waals surface area contributed by atoms with Crippen molar-refractivity contribution in [2.75, 3.05) is 6.61 Å². The standard InChI is InChI=1S/C10H7ClINO2/c1-2-15-10(14)7-3-6(5-13)4-8(11)9(7)12/h3-4H,2H2,1H3. The van der Waals surface area contributed by atoms with Gasteiger partial charge in [0, 0.05) is 3.57 Å². The van der Waals surface area contributed by atoms with Crippen molar-refractivity contribution < 1.29 is 9.53 Å². The maximum atomic E-state index is 11.5. The molecule has 78 valence electrons. The maximum Gasteiger partial charge on any atom is 0.339 e. The summed E-state index contributed by atoms with van der Waals surface area (Å²) in [5, 5.41) is 9.11. The molecule has 1 aromatic carbocycles. The molecule has 0 spiro atoms. The minimum Gasteiger partial charge on any atom is -0.462 e. The molecule has 0 aliphatic carbocycles. The van der Waals surface area contributed by atoms with E-state index in [0.29, 0.717) is 26.3 Å². The maximum absolute atomic E-state index is 11.5. The van der Waals surface area contributed by atoms with Gasteiger partial charge < -0.3 is 4.74 Å². The van der Waals surface area contributed by atoms with Crippen LogP contribution in [0.5, 0.6) is 0 Å². The van der Waals surface area contributed by atoms with Gasteiger partial charge in [-0.25, -0.2) is 4.79 Å². The van der Waals surface area contributed by atoms with E-state index in [1.54, 1.807) is 6.92 Å². The van der Waals surface area contributed by atoms with Crippen molar-refractivity contribution in [1.82, 2.24) is 0 Å². The van der Waals surface area contributed by atoms with Gasteiger partial charge in [-0.15, -0.1) is 0 Å². The fourth-order valence-corrected chi connectivity index (χ4v) is 1.76. The average molecular weight is 336 g/mol. The minimum absolute atomic E-state index is 0.295. The predicted octanol–water partition coefficient (Wildman–Crippen LogP) is 2.99. The zero-order valence-electron chi connectivity index (χ0n) is 7.88. The molecule has 0 fully saturated rings. The Labute approximate surface area is 106 Å². The highest BCUT2D eigenvalue weighted by Gasteiger charge is 2.15. The summed E-state index contributed by atoms with van der Waals surface area (Å²) in [6.45, 7) is 2.02. The fourth-order valence-electron chi connectivity index (χ4n) is 1.01. The first kappa shape index (κ1) is 12.3. The van der Waals surface area contributed by atoms with Crippen LogP contribution < -0.4 is 0 Å². The van der Waals surface area contributed by atoms with Gasteiger partial charge in [-0.1, -0.05) is 11.6 Å². The number of ether oxygens (including phenoxy) is 1. The normalized spacial score (nSPS) is 9.47. The number of halogens is 2. The number of carbonyl (C=O) groups is 1. The summed E-state index contributed by atoms with van der Waals surface area (Å²) in [4.78, 5) is 11.5. The van der Waals surface area contributed by atoms with Gasteiger partial charge >= 0.3 is 5.97 Å². The van der Waals surface area contributed by atoms with E-state index in [-0.39, 0.29) is 0 Å². The number of esters is 1. The van der Waals surface area contributed by atoms with Gasteiger partial charge in [0.1, 0.15) is 0 Å². The molecular formula is C10H7ClINO2. The van der Waals surface area contributed by atoms with Crippen LogP contribution in [0.3, 0.4) is 0 Å². The minimum atomic E-state index is -0.458. The molecule has 0 aromatic heterocycles. The van der Waals surface area contributed by atoms with E-state index in [0.717, 1.165) is 0 Å². The van der Waals surface area contributed by atoms with Crippen LogP contribution in [0.1, 0.15) is 22.8 Å². The van der Waals surface area contributed by atoms with Crippen molar-refractivity contribution in [2.24, 2.45) is 0 Å². The highest BCUT2D eigenvalue weighted by atomic mass is 127. The smallest absolute Gasteiger partial charge is 0.339 e. The second-order valence-corrected chi connectivity index (χ2v) is 4.14. The first-order chi connectivity index (χ1) is 7.10. The molecule has 0 saturated heterocycles. The van der Waals surface area contributed by atoms with Crippen LogP contribution in [0, 0.1) is 14.9 Å². The first-order valence-electron chi connectivity index (χ1n) is 4.16. The van der Waals surface area contributed by atoms with Crippen LogP contribution in [0.4, 0.5) is 0 Å². The molecule has 0 saturated carbocycles. The SMILES string of the molecule is CCOC(=O)c1cc(C#N)cc(Cl)c1I. The Kier molecular flexibility index (Phi) is 4.36. The van der Waals surface area contributed by atoms with E-state index in [9.17, 15) is 4.79 Å². The molecule has 0 N–H and O–H groups in total. The molecule has 5 heteroatoms. The molecule has 0 radical (unpaired) electrons. The van der Waals surface area contributed by atoms with Crippen LogP contribution in [0.25, 0.3) is 0 Å². The predicted molar refractivity (Wildman–Crippen MR) is 64.8 cm³/mol. The Morgan fingerprint density at radius 3 is 2.87 bits per heavy atom. The lowest BCUT2D eigenvalue weighted by Gasteiger charge is -2.06. The molecule has 3 nitrogen and oxygen atoms in total. The van der Waals surface area contributed by atoms with E-state index in [2.05, 4.69) is 0 Å². The zero-order chi connectivity index (χ0) is 11.4. The molecule has 0 aliphatic heterocycles. The third-order valence-electron chi connectivity index (χ3n) is 1.65.